The molecule has 0 fully saturated rings. The van der Waals surface area contributed by atoms with Crippen LogP contribution in [-0.2, 0) is 6.42 Å². The van der Waals surface area contributed by atoms with Gasteiger partial charge in [0.05, 0.1) is 11.4 Å². The third-order valence-corrected chi connectivity index (χ3v) is 4.42. The smallest absolute Gasteiger partial charge is 0.406 e. The molecule has 0 atom stereocenters. The fourth-order valence-electron chi connectivity index (χ4n) is 2.77. The highest BCUT2D eigenvalue weighted by atomic mass is 35.5. The number of pyridine rings is 1. The highest BCUT2D eigenvalue weighted by Gasteiger charge is 2.31. The van der Waals surface area contributed by atoms with Gasteiger partial charge in [0.1, 0.15) is 5.75 Å². The topological polar surface area (TPSA) is 80.5 Å². The number of halogens is 4. The molecular weight excluding hydrogens is 433 g/mol. The number of nitrogens with two attached hydrogens (primary N) is 1. The van der Waals surface area contributed by atoms with Gasteiger partial charge in [-0.1, -0.05) is 23.7 Å². The Labute approximate surface area is 181 Å². The van der Waals surface area contributed by atoms with Crippen LogP contribution in [0.25, 0.3) is 0 Å². The molecule has 0 spiro atoms. The standard InChI is InChI=1S/C21H18ClF3N4O2/c22-15-5-3-14(4-6-15)11-13-28-20(30)29(19-18(26)2-1-12-27-19)16-7-9-17(10-8-16)31-21(23,24)25/h1-10,12H,11,13,26H2,(H,28,30). The van der Waals surface area contributed by atoms with Crippen LogP contribution in [0.5, 0.6) is 5.75 Å². The number of rotatable bonds is 6. The Kier molecular flexibility index (Phi) is 6.86. The number of nitrogens with one attached hydrogen (secondary N) is 1. The van der Waals surface area contributed by atoms with Gasteiger partial charge in [-0.3, -0.25) is 0 Å². The lowest BCUT2D eigenvalue weighted by Crippen LogP contribution is -2.38. The quantitative estimate of drug-likeness (QED) is 0.533. The molecule has 0 saturated carbocycles. The molecule has 0 aliphatic heterocycles. The predicted molar refractivity (Wildman–Crippen MR) is 112 cm³/mol. The molecule has 0 aliphatic carbocycles. The first-order chi connectivity index (χ1) is 14.7. The van der Waals surface area contributed by atoms with E-state index in [0.717, 1.165) is 17.7 Å². The van der Waals surface area contributed by atoms with E-state index in [9.17, 15) is 18.0 Å². The van der Waals surface area contributed by atoms with Crippen molar-refractivity contribution in [2.75, 3.05) is 17.2 Å². The molecule has 3 rings (SSSR count). The normalized spacial score (nSPS) is 11.1. The van der Waals surface area contributed by atoms with Gasteiger partial charge in [-0.2, -0.15) is 0 Å². The van der Waals surface area contributed by atoms with Crippen molar-refractivity contribution < 1.29 is 22.7 Å². The number of hydrogen-bond donors (Lipinski definition) is 2. The maximum absolute atomic E-state index is 12.9. The number of amides is 2. The second kappa shape index (κ2) is 9.57. The van der Waals surface area contributed by atoms with Gasteiger partial charge in [-0.25, -0.2) is 14.7 Å². The van der Waals surface area contributed by atoms with Crippen LogP contribution in [0.2, 0.25) is 5.02 Å². The van der Waals surface area contributed by atoms with E-state index in [2.05, 4.69) is 15.0 Å². The average Bonchev–Trinajstić information content (AvgIpc) is 2.71. The van der Waals surface area contributed by atoms with Gasteiger partial charge in [0, 0.05) is 17.8 Å². The molecule has 0 aliphatic rings. The SMILES string of the molecule is Nc1cccnc1N(C(=O)NCCc1ccc(Cl)cc1)c1ccc(OC(F)(F)F)cc1. The van der Waals surface area contributed by atoms with Crippen molar-refractivity contribution in [3.05, 3.63) is 77.4 Å². The fraction of sp³-hybridized carbons (Fsp3) is 0.143. The molecule has 0 radical (unpaired) electrons. The van der Waals surface area contributed by atoms with E-state index in [0.29, 0.717) is 18.0 Å². The van der Waals surface area contributed by atoms with Gasteiger partial charge in [0.2, 0.25) is 0 Å². The van der Waals surface area contributed by atoms with E-state index in [1.807, 2.05) is 12.1 Å². The Hall–Kier alpha value is -3.46. The highest BCUT2D eigenvalue weighted by molar-refractivity contribution is 6.30. The number of nitrogens with zero attached hydrogens (tertiary/aromatic N) is 2. The summed E-state index contributed by atoms with van der Waals surface area (Å²) in [5, 5.41) is 3.38. The van der Waals surface area contributed by atoms with Crippen molar-refractivity contribution in [3.63, 3.8) is 0 Å². The molecular formula is C21H18ClF3N4O2. The van der Waals surface area contributed by atoms with E-state index >= 15 is 0 Å². The number of alkyl halides is 3. The van der Waals surface area contributed by atoms with Gasteiger partial charge >= 0.3 is 12.4 Å². The summed E-state index contributed by atoms with van der Waals surface area (Å²) < 4.78 is 41.1. The van der Waals surface area contributed by atoms with Gasteiger partial charge < -0.3 is 15.8 Å². The monoisotopic (exact) mass is 450 g/mol. The molecule has 2 aromatic carbocycles. The Morgan fingerprint density at radius 3 is 2.39 bits per heavy atom. The zero-order valence-corrected chi connectivity index (χ0v) is 16.8. The number of ether oxygens (including phenoxy) is 1. The lowest BCUT2D eigenvalue weighted by Gasteiger charge is -2.24. The zero-order chi connectivity index (χ0) is 22.4. The summed E-state index contributed by atoms with van der Waals surface area (Å²) in [6.07, 6.45) is -2.81. The maximum Gasteiger partial charge on any atom is 0.573 e. The number of urea groups is 1. The van der Waals surface area contributed by atoms with Crippen LogP contribution in [0.15, 0.2) is 66.9 Å². The Morgan fingerprint density at radius 2 is 1.77 bits per heavy atom. The fourth-order valence-corrected chi connectivity index (χ4v) is 2.90. The number of nitrogen functional groups attached to an aromatic ring is 1. The molecule has 162 valence electrons. The summed E-state index contributed by atoms with van der Waals surface area (Å²) in [6.45, 7) is 0.305. The van der Waals surface area contributed by atoms with E-state index in [1.165, 1.54) is 23.2 Å². The maximum atomic E-state index is 12.9. The number of aromatic nitrogens is 1. The van der Waals surface area contributed by atoms with Crippen molar-refractivity contribution >= 4 is 34.8 Å². The van der Waals surface area contributed by atoms with E-state index in [1.54, 1.807) is 24.3 Å². The third-order valence-electron chi connectivity index (χ3n) is 4.16. The highest BCUT2D eigenvalue weighted by Crippen LogP contribution is 2.31. The van der Waals surface area contributed by atoms with Crippen molar-refractivity contribution in [3.8, 4) is 5.75 Å². The lowest BCUT2D eigenvalue weighted by atomic mass is 10.1. The summed E-state index contributed by atoms with van der Waals surface area (Å²) >= 11 is 5.87. The Bertz CT molecular complexity index is 1030. The first-order valence-corrected chi connectivity index (χ1v) is 9.49. The van der Waals surface area contributed by atoms with Gasteiger partial charge in [-0.05, 0) is 60.5 Å². The molecule has 2 amide bonds. The molecule has 6 nitrogen and oxygen atoms in total. The van der Waals surface area contributed by atoms with Crippen LogP contribution >= 0.6 is 11.6 Å². The average molecular weight is 451 g/mol. The molecule has 31 heavy (non-hydrogen) atoms. The number of carbonyl (C=O) groups excluding carboxylic acids is 1. The third kappa shape index (κ3) is 6.26. The predicted octanol–water partition coefficient (Wildman–Crippen LogP) is 5.31. The second-order valence-electron chi connectivity index (χ2n) is 6.40. The van der Waals surface area contributed by atoms with Crippen LogP contribution in [0.3, 0.4) is 0 Å². The van der Waals surface area contributed by atoms with E-state index < -0.39 is 18.1 Å². The largest absolute Gasteiger partial charge is 0.573 e. The molecule has 0 bridgehead atoms. The molecule has 1 aromatic heterocycles. The summed E-state index contributed by atoms with van der Waals surface area (Å²) in [4.78, 5) is 18.3. The van der Waals surface area contributed by atoms with Crippen LogP contribution < -0.4 is 20.7 Å². The van der Waals surface area contributed by atoms with Gasteiger partial charge in [0.15, 0.2) is 5.82 Å². The van der Waals surface area contributed by atoms with Crippen LogP contribution in [0, 0.1) is 0 Å². The van der Waals surface area contributed by atoms with Crippen molar-refractivity contribution in [1.29, 1.82) is 0 Å². The minimum atomic E-state index is -4.81. The number of carbonyl (C=O) groups is 1. The minimum absolute atomic E-state index is 0.149. The lowest BCUT2D eigenvalue weighted by molar-refractivity contribution is -0.274. The summed E-state index contributed by atoms with van der Waals surface area (Å²) in [6, 6.07) is 14.7. The number of hydrogen-bond acceptors (Lipinski definition) is 4. The van der Waals surface area contributed by atoms with Crippen LogP contribution in [-0.4, -0.2) is 23.9 Å². The molecule has 0 unspecified atom stereocenters. The molecule has 10 heteroatoms. The molecule has 0 saturated heterocycles. The van der Waals surface area contributed by atoms with Crippen molar-refractivity contribution in [2.45, 2.75) is 12.8 Å². The summed E-state index contributed by atoms with van der Waals surface area (Å²) in [5.41, 5.74) is 7.44. The second-order valence-corrected chi connectivity index (χ2v) is 6.84. The van der Waals surface area contributed by atoms with E-state index in [4.69, 9.17) is 17.3 Å². The molecule has 3 aromatic rings. The molecule has 3 N–H and O–H groups in total. The summed E-state index contributed by atoms with van der Waals surface area (Å²) in [5.74, 6) is -0.260. The van der Waals surface area contributed by atoms with Gasteiger partial charge in [-0.15, -0.1) is 13.2 Å². The minimum Gasteiger partial charge on any atom is -0.406 e. The Balaban J connectivity index is 1.79. The van der Waals surface area contributed by atoms with Crippen molar-refractivity contribution in [1.82, 2.24) is 10.3 Å². The number of anilines is 3. The Morgan fingerprint density at radius 1 is 1.10 bits per heavy atom. The number of benzene rings is 2. The summed E-state index contributed by atoms with van der Waals surface area (Å²) in [7, 11) is 0. The van der Waals surface area contributed by atoms with Crippen molar-refractivity contribution in [2.24, 2.45) is 0 Å². The van der Waals surface area contributed by atoms with Crippen LogP contribution in [0.4, 0.5) is 35.2 Å². The van der Waals surface area contributed by atoms with E-state index in [-0.39, 0.29) is 17.2 Å². The van der Waals surface area contributed by atoms with Crippen LogP contribution in [0.1, 0.15) is 5.56 Å². The first-order valence-electron chi connectivity index (χ1n) is 9.11. The van der Waals surface area contributed by atoms with Gasteiger partial charge in [0.25, 0.3) is 0 Å². The first kappa shape index (κ1) is 22.2. The molecule has 1 heterocycles. The zero-order valence-electron chi connectivity index (χ0n) is 16.1.